The molecule has 2 amide bonds. The molecule has 0 aliphatic heterocycles. The molecule has 3 rings (SSSR count). The molecule has 0 bridgehead atoms. The lowest BCUT2D eigenvalue weighted by Crippen LogP contribution is -2.28. The Morgan fingerprint density at radius 2 is 1.85 bits per heavy atom. The van der Waals surface area contributed by atoms with E-state index >= 15 is 0 Å². The van der Waals surface area contributed by atoms with E-state index in [9.17, 15) is 19.7 Å². The number of amides is 2. The number of hydrogen-bond acceptors (Lipinski definition) is 7. The molecule has 0 fully saturated rings. The van der Waals surface area contributed by atoms with Crippen LogP contribution in [-0.4, -0.2) is 37.3 Å². The molecule has 2 N–H and O–H groups in total. The van der Waals surface area contributed by atoms with E-state index in [0.29, 0.717) is 27.8 Å². The number of carbonyl (C=O) groups excluding carboxylic acids is 2. The van der Waals surface area contributed by atoms with Gasteiger partial charge in [-0.25, -0.2) is 0 Å². The highest BCUT2D eigenvalue weighted by Crippen LogP contribution is 2.23. The van der Waals surface area contributed by atoms with Crippen LogP contribution in [0.2, 0.25) is 0 Å². The molecule has 0 spiro atoms. The van der Waals surface area contributed by atoms with Crippen molar-refractivity contribution in [3.8, 4) is 0 Å². The minimum atomic E-state index is -0.482. The molecule has 172 valence electrons. The van der Waals surface area contributed by atoms with Crippen molar-refractivity contribution in [1.29, 1.82) is 0 Å². The van der Waals surface area contributed by atoms with Crippen LogP contribution in [0, 0.1) is 24.0 Å². The van der Waals surface area contributed by atoms with Gasteiger partial charge < -0.3 is 15.2 Å². The van der Waals surface area contributed by atoms with Crippen LogP contribution in [0.3, 0.4) is 0 Å². The normalized spacial score (nSPS) is 11.6. The maximum atomic E-state index is 12.5. The number of nitro benzene ring substituents is 1. The monoisotopic (exact) mass is 468 g/mol. The molecule has 1 atom stereocenters. The molecule has 1 aromatic heterocycles. The predicted molar refractivity (Wildman–Crippen MR) is 125 cm³/mol. The molecule has 0 saturated heterocycles. The number of benzene rings is 2. The Kier molecular flexibility index (Phi) is 7.44. The van der Waals surface area contributed by atoms with Crippen LogP contribution in [0.1, 0.15) is 40.3 Å². The zero-order valence-electron chi connectivity index (χ0n) is 18.7. The van der Waals surface area contributed by atoms with Crippen LogP contribution in [0.25, 0.3) is 0 Å². The lowest BCUT2D eigenvalue weighted by Gasteiger charge is -2.14. The minimum Gasteiger partial charge on any atom is -0.342 e. The minimum absolute atomic E-state index is 0.0323. The molecule has 0 radical (unpaired) electrons. The Morgan fingerprint density at radius 1 is 1.15 bits per heavy atom. The van der Waals surface area contributed by atoms with E-state index in [1.54, 1.807) is 30.7 Å². The fourth-order valence-electron chi connectivity index (χ4n) is 3.10. The van der Waals surface area contributed by atoms with Crippen molar-refractivity contribution in [2.24, 2.45) is 7.05 Å². The summed E-state index contributed by atoms with van der Waals surface area (Å²) in [5, 5.41) is 25.3. The van der Waals surface area contributed by atoms with Gasteiger partial charge in [0.05, 0.1) is 16.7 Å². The van der Waals surface area contributed by atoms with E-state index in [4.69, 9.17) is 0 Å². The molecular weight excluding hydrogens is 444 g/mol. The average Bonchev–Trinajstić information content (AvgIpc) is 3.14. The number of nitrogens with one attached hydrogen (secondary N) is 2. The van der Waals surface area contributed by atoms with Gasteiger partial charge in [0.15, 0.2) is 11.0 Å². The number of thioether (sulfide) groups is 1. The third-order valence-electron chi connectivity index (χ3n) is 4.94. The second-order valence-electron chi connectivity index (χ2n) is 7.55. The highest BCUT2D eigenvalue weighted by Gasteiger charge is 2.19. The van der Waals surface area contributed by atoms with Gasteiger partial charge >= 0.3 is 0 Å². The van der Waals surface area contributed by atoms with E-state index in [-0.39, 0.29) is 29.3 Å². The Bertz CT molecular complexity index is 1190. The van der Waals surface area contributed by atoms with Crippen molar-refractivity contribution >= 4 is 35.0 Å². The van der Waals surface area contributed by atoms with Gasteiger partial charge in [-0.3, -0.25) is 19.7 Å². The summed E-state index contributed by atoms with van der Waals surface area (Å²) in [6, 6.07) is 11.2. The second-order valence-corrected chi connectivity index (χ2v) is 8.50. The van der Waals surface area contributed by atoms with Gasteiger partial charge in [-0.1, -0.05) is 29.5 Å². The number of anilines is 1. The molecule has 0 unspecified atom stereocenters. The number of rotatable bonds is 8. The summed E-state index contributed by atoms with van der Waals surface area (Å²) in [4.78, 5) is 35.2. The highest BCUT2D eigenvalue weighted by molar-refractivity contribution is 7.99. The van der Waals surface area contributed by atoms with Crippen molar-refractivity contribution in [1.82, 2.24) is 20.1 Å². The predicted octanol–water partition coefficient (Wildman–Crippen LogP) is 3.56. The molecule has 10 nitrogen and oxygen atoms in total. The van der Waals surface area contributed by atoms with E-state index in [0.717, 1.165) is 5.56 Å². The Hall–Kier alpha value is -3.73. The van der Waals surface area contributed by atoms with Crippen LogP contribution in [-0.2, 0) is 11.8 Å². The van der Waals surface area contributed by atoms with Crippen LogP contribution < -0.4 is 10.6 Å². The summed E-state index contributed by atoms with van der Waals surface area (Å²) in [5.41, 5.74) is 2.71. The van der Waals surface area contributed by atoms with Crippen LogP contribution in [0.15, 0.2) is 47.6 Å². The SMILES string of the molecule is Cc1ccc(C(=O)N[C@H](C)c2nnc(SCC(=O)Nc3ccc([N+](=O)[O-])cc3C)n2C)cc1. The maximum absolute atomic E-state index is 12.5. The largest absolute Gasteiger partial charge is 0.342 e. The summed E-state index contributed by atoms with van der Waals surface area (Å²) in [7, 11) is 1.77. The van der Waals surface area contributed by atoms with Gasteiger partial charge in [-0.2, -0.15) is 0 Å². The van der Waals surface area contributed by atoms with Crippen molar-refractivity contribution in [2.75, 3.05) is 11.1 Å². The molecule has 3 aromatic rings. The molecule has 0 aliphatic rings. The first-order chi connectivity index (χ1) is 15.7. The van der Waals surface area contributed by atoms with Gasteiger partial charge in [0.1, 0.15) is 0 Å². The van der Waals surface area contributed by atoms with Crippen LogP contribution >= 0.6 is 11.8 Å². The standard InChI is InChI=1S/C22H24N6O4S/c1-13-5-7-16(8-6-13)21(30)23-15(3)20-25-26-22(27(20)4)33-12-19(29)24-18-10-9-17(28(31)32)11-14(18)2/h5-11,15H,12H2,1-4H3,(H,23,30)(H,24,29)/t15-/m1/s1. The van der Waals surface area contributed by atoms with E-state index in [1.807, 2.05) is 26.0 Å². The molecule has 11 heteroatoms. The van der Waals surface area contributed by atoms with Crippen molar-refractivity contribution in [3.63, 3.8) is 0 Å². The first kappa shape index (κ1) is 23.9. The molecular formula is C22H24N6O4S. The van der Waals surface area contributed by atoms with Gasteiger partial charge in [-0.15, -0.1) is 10.2 Å². The topological polar surface area (TPSA) is 132 Å². The van der Waals surface area contributed by atoms with Gasteiger partial charge in [-0.05, 0) is 44.5 Å². The summed E-state index contributed by atoms with van der Waals surface area (Å²) in [6.07, 6.45) is 0. The summed E-state index contributed by atoms with van der Waals surface area (Å²) >= 11 is 1.20. The number of hydrogen-bond donors (Lipinski definition) is 2. The number of aromatic nitrogens is 3. The first-order valence-electron chi connectivity index (χ1n) is 10.1. The van der Waals surface area contributed by atoms with Crippen molar-refractivity contribution in [2.45, 2.75) is 32.0 Å². The smallest absolute Gasteiger partial charge is 0.269 e. The highest BCUT2D eigenvalue weighted by atomic mass is 32.2. The molecule has 0 saturated carbocycles. The van der Waals surface area contributed by atoms with Crippen molar-refractivity contribution < 1.29 is 14.5 Å². The third-order valence-corrected chi connectivity index (χ3v) is 5.96. The van der Waals surface area contributed by atoms with Gasteiger partial charge in [0.2, 0.25) is 5.91 Å². The number of nitrogens with zero attached hydrogens (tertiary/aromatic N) is 4. The first-order valence-corrected chi connectivity index (χ1v) is 11.1. The lowest BCUT2D eigenvalue weighted by atomic mass is 10.1. The molecule has 33 heavy (non-hydrogen) atoms. The Morgan fingerprint density at radius 3 is 2.48 bits per heavy atom. The fraction of sp³-hybridized carbons (Fsp3) is 0.273. The third kappa shape index (κ3) is 5.95. The Labute approximate surface area is 194 Å². The fourth-order valence-corrected chi connectivity index (χ4v) is 3.81. The number of non-ortho nitro benzene ring substituents is 1. The average molecular weight is 469 g/mol. The summed E-state index contributed by atoms with van der Waals surface area (Å²) in [6.45, 7) is 5.46. The quantitative estimate of drug-likeness (QED) is 0.293. The number of aryl methyl sites for hydroxylation is 2. The molecule has 0 aliphatic carbocycles. The zero-order chi connectivity index (χ0) is 24.1. The lowest BCUT2D eigenvalue weighted by molar-refractivity contribution is -0.384. The summed E-state index contributed by atoms with van der Waals surface area (Å²) in [5.74, 6) is 0.149. The van der Waals surface area contributed by atoms with Crippen molar-refractivity contribution in [3.05, 3.63) is 75.1 Å². The van der Waals surface area contributed by atoms with Crippen LogP contribution in [0.5, 0.6) is 0 Å². The second kappa shape index (κ2) is 10.3. The molecule has 1 heterocycles. The number of carbonyl (C=O) groups is 2. The maximum Gasteiger partial charge on any atom is 0.269 e. The van der Waals surface area contributed by atoms with Gasteiger partial charge in [0.25, 0.3) is 11.6 Å². The Balaban J connectivity index is 1.58. The van der Waals surface area contributed by atoms with Crippen LogP contribution in [0.4, 0.5) is 11.4 Å². The van der Waals surface area contributed by atoms with Gasteiger partial charge in [0, 0.05) is 30.4 Å². The molecule has 2 aromatic carbocycles. The zero-order valence-corrected chi connectivity index (χ0v) is 19.5. The van der Waals surface area contributed by atoms with E-state index in [2.05, 4.69) is 20.8 Å². The number of nitro groups is 1. The summed E-state index contributed by atoms with van der Waals surface area (Å²) < 4.78 is 1.73. The van der Waals surface area contributed by atoms with E-state index in [1.165, 1.54) is 30.0 Å². The van der Waals surface area contributed by atoms with E-state index < -0.39 is 4.92 Å².